The van der Waals surface area contributed by atoms with Crippen molar-refractivity contribution >= 4 is 5.91 Å². The molecule has 2 rings (SSSR count). The Bertz CT molecular complexity index is 493. The van der Waals surface area contributed by atoms with E-state index in [4.69, 9.17) is 5.73 Å². The number of amides is 1. The first-order valence-corrected chi connectivity index (χ1v) is 6.95. The molecule has 0 saturated heterocycles. The Morgan fingerprint density at radius 3 is 2.75 bits per heavy atom. The monoisotopic (exact) mass is 280 g/mol. The molecule has 1 fully saturated rings. The Kier molecular flexibility index (Phi) is 4.73. The molecule has 0 bridgehead atoms. The molecular weight excluding hydrogens is 259 g/mol. The first-order valence-electron chi connectivity index (χ1n) is 6.95. The number of hydrogen-bond acceptors (Lipinski definition) is 3. The summed E-state index contributed by atoms with van der Waals surface area (Å²) in [4.78, 5) is 13.0. The molecule has 20 heavy (non-hydrogen) atoms. The van der Waals surface area contributed by atoms with Gasteiger partial charge in [0.25, 0.3) is 0 Å². The van der Waals surface area contributed by atoms with Gasteiger partial charge in [0.15, 0.2) is 0 Å². The summed E-state index contributed by atoms with van der Waals surface area (Å²) in [5.74, 6) is -1.06. The molecule has 0 heterocycles. The van der Waals surface area contributed by atoms with E-state index in [0.29, 0.717) is 12.1 Å². The smallest absolute Gasteiger partial charge is 0.248 e. The molecule has 5 heteroatoms. The highest BCUT2D eigenvalue weighted by molar-refractivity contribution is 5.92. The molecule has 1 amide bonds. The standard InChI is InChI=1S/C15H21FN2O2/c1-18(13-4-2-3-5-14(13)19)9-11-7-6-10(15(17)20)8-12(11)16/h6-8,13-14,19H,2-5,9H2,1H3,(H2,17,20). The van der Waals surface area contributed by atoms with Crippen LogP contribution in [0.1, 0.15) is 41.6 Å². The second-order valence-electron chi connectivity index (χ2n) is 5.50. The number of aliphatic hydroxyl groups is 1. The third-order valence-corrected chi connectivity index (χ3v) is 4.02. The molecule has 1 aromatic carbocycles. The normalized spacial score (nSPS) is 23.0. The lowest BCUT2D eigenvalue weighted by atomic mass is 9.91. The predicted octanol–water partition coefficient (Wildman–Crippen LogP) is 1.66. The van der Waals surface area contributed by atoms with Gasteiger partial charge in [-0.2, -0.15) is 0 Å². The van der Waals surface area contributed by atoms with Crippen LogP contribution in [-0.2, 0) is 6.54 Å². The topological polar surface area (TPSA) is 66.6 Å². The summed E-state index contributed by atoms with van der Waals surface area (Å²) >= 11 is 0. The highest BCUT2D eigenvalue weighted by atomic mass is 19.1. The Hall–Kier alpha value is -1.46. The molecule has 1 aromatic rings. The van der Waals surface area contributed by atoms with Crippen molar-refractivity contribution in [3.63, 3.8) is 0 Å². The number of nitrogens with two attached hydrogens (primary N) is 1. The zero-order valence-electron chi connectivity index (χ0n) is 11.7. The molecule has 4 nitrogen and oxygen atoms in total. The first-order chi connectivity index (χ1) is 9.49. The Labute approximate surface area is 118 Å². The fraction of sp³-hybridized carbons (Fsp3) is 0.533. The number of carbonyl (C=O) groups excluding carboxylic acids is 1. The van der Waals surface area contributed by atoms with Crippen LogP contribution in [0.4, 0.5) is 4.39 Å². The largest absolute Gasteiger partial charge is 0.391 e. The number of nitrogens with zero attached hydrogens (tertiary/aromatic N) is 1. The summed E-state index contributed by atoms with van der Waals surface area (Å²) in [6.45, 7) is 0.409. The quantitative estimate of drug-likeness (QED) is 0.881. The van der Waals surface area contributed by atoms with Crippen molar-refractivity contribution in [3.05, 3.63) is 35.1 Å². The van der Waals surface area contributed by atoms with Crippen molar-refractivity contribution in [1.82, 2.24) is 4.90 Å². The van der Waals surface area contributed by atoms with Gasteiger partial charge >= 0.3 is 0 Å². The summed E-state index contributed by atoms with van der Waals surface area (Å²) in [5.41, 5.74) is 5.80. The van der Waals surface area contributed by atoms with Crippen LogP contribution in [0.5, 0.6) is 0 Å². The minimum Gasteiger partial charge on any atom is -0.391 e. The molecule has 3 N–H and O–H groups in total. The van der Waals surface area contributed by atoms with Crippen LogP contribution in [0.2, 0.25) is 0 Å². The lowest BCUT2D eigenvalue weighted by Crippen LogP contribution is -2.43. The van der Waals surface area contributed by atoms with E-state index in [9.17, 15) is 14.3 Å². The molecule has 1 saturated carbocycles. The van der Waals surface area contributed by atoms with E-state index in [1.165, 1.54) is 12.1 Å². The van der Waals surface area contributed by atoms with E-state index in [0.717, 1.165) is 25.7 Å². The number of aliphatic hydroxyl groups excluding tert-OH is 1. The maximum absolute atomic E-state index is 13.9. The average Bonchev–Trinajstić information content (AvgIpc) is 2.41. The number of likely N-dealkylation sites (N-methyl/N-ethyl adjacent to an activating group) is 1. The van der Waals surface area contributed by atoms with Crippen molar-refractivity contribution in [2.45, 2.75) is 44.4 Å². The SMILES string of the molecule is CN(Cc1ccc(C(N)=O)cc1F)C1CCCCC1O. The van der Waals surface area contributed by atoms with E-state index < -0.39 is 11.7 Å². The van der Waals surface area contributed by atoms with Gasteiger partial charge in [0.2, 0.25) is 5.91 Å². The lowest BCUT2D eigenvalue weighted by molar-refractivity contribution is 0.0284. The number of carbonyl (C=O) groups is 1. The summed E-state index contributed by atoms with van der Waals surface area (Å²) in [5, 5.41) is 10.0. The van der Waals surface area contributed by atoms with Gasteiger partial charge in [-0.05, 0) is 32.0 Å². The van der Waals surface area contributed by atoms with Gasteiger partial charge in [-0.1, -0.05) is 18.9 Å². The van der Waals surface area contributed by atoms with Crippen LogP contribution >= 0.6 is 0 Å². The van der Waals surface area contributed by atoms with Gasteiger partial charge in [-0.15, -0.1) is 0 Å². The van der Waals surface area contributed by atoms with Gasteiger partial charge in [0, 0.05) is 23.7 Å². The van der Waals surface area contributed by atoms with Crippen molar-refractivity contribution < 1.29 is 14.3 Å². The van der Waals surface area contributed by atoms with Crippen LogP contribution in [0.3, 0.4) is 0 Å². The second kappa shape index (κ2) is 6.33. The van der Waals surface area contributed by atoms with Gasteiger partial charge in [0.05, 0.1) is 6.10 Å². The molecule has 0 aliphatic heterocycles. The van der Waals surface area contributed by atoms with Gasteiger partial charge in [-0.25, -0.2) is 4.39 Å². The minimum absolute atomic E-state index is 0.0685. The number of halogens is 1. The maximum atomic E-state index is 13.9. The van der Waals surface area contributed by atoms with Crippen LogP contribution in [0.25, 0.3) is 0 Å². The molecule has 2 unspecified atom stereocenters. The van der Waals surface area contributed by atoms with Crippen molar-refractivity contribution in [1.29, 1.82) is 0 Å². The number of hydrogen-bond donors (Lipinski definition) is 2. The van der Waals surface area contributed by atoms with Gasteiger partial charge in [0.1, 0.15) is 5.82 Å². The minimum atomic E-state index is -0.633. The van der Waals surface area contributed by atoms with Crippen LogP contribution in [0.15, 0.2) is 18.2 Å². The average molecular weight is 280 g/mol. The fourth-order valence-corrected chi connectivity index (χ4v) is 2.82. The van der Waals surface area contributed by atoms with E-state index in [-0.39, 0.29) is 17.7 Å². The Balaban J connectivity index is 2.07. The summed E-state index contributed by atoms with van der Waals surface area (Å²) in [7, 11) is 1.89. The van der Waals surface area contributed by atoms with E-state index in [1.54, 1.807) is 6.07 Å². The van der Waals surface area contributed by atoms with Crippen molar-refractivity contribution in [3.8, 4) is 0 Å². The number of rotatable bonds is 4. The van der Waals surface area contributed by atoms with Gasteiger partial charge in [-0.3, -0.25) is 9.69 Å². The molecule has 2 atom stereocenters. The second-order valence-corrected chi connectivity index (χ2v) is 5.50. The molecule has 110 valence electrons. The highest BCUT2D eigenvalue weighted by Crippen LogP contribution is 2.24. The van der Waals surface area contributed by atoms with E-state index >= 15 is 0 Å². The highest BCUT2D eigenvalue weighted by Gasteiger charge is 2.26. The van der Waals surface area contributed by atoms with Crippen LogP contribution < -0.4 is 5.73 Å². The van der Waals surface area contributed by atoms with E-state index in [2.05, 4.69) is 0 Å². The van der Waals surface area contributed by atoms with Crippen LogP contribution in [-0.4, -0.2) is 35.1 Å². The van der Waals surface area contributed by atoms with Crippen LogP contribution in [0, 0.1) is 5.82 Å². The molecule has 0 aromatic heterocycles. The lowest BCUT2D eigenvalue weighted by Gasteiger charge is -2.35. The maximum Gasteiger partial charge on any atom is 0.248 e. The van der Waals surface area contributed by atoms with E-state index in [1.807, 2.05) is 11.9 Å². The third kappa shape index (κ3) is 3.35. The van der Waals surface area contributed by atoms with Gasteiger partial charge < -0.3 is 10.8 Å². The zero-order valence-corrected chi connectivity index (χ0v) is 11.7. The Morgan fingerprint density at radius 2 is 2.15 bits per heavy atom. The first kappa shape index (κ1) is 14.9. The summed E-state index contributed by atoms with van der Waals surface area (Å²) in [6.07, 6.45) is 3.53. The molecule has 1 aliphatic rings. The third-order valence-electron chi connectivity index (χ3n) is 4.02. The van der Waals surface area contributed by atoms with Crippen molar-refractivity contribution in [2.24, 2.45) is 5.73 Å². The van der Waals surface area contributed by atoms with Crippen molar-refractivity contribution in [2.75, 3.05) is 7.05 Å². The molecular formula is C15H21FN2O2. The number of benzene rings is 1. The summed E-state index contributed by atoms with van der Waals surface area (Å²) in [6, 6.07) is 4.36. The number of primary amides is 1. The Morgan fingerprint density at radius 1 is 1.45 bits per heavy atom. The fourth-order valence-electron chi connectivity index (χ4n) is 2.82. The summed E-state index contributed by atoms with van der Waals surface area (Å²) < 4.78 is 13.9. The molecule has 0 radical (unpaired) electrons. The molecule has 0 spiro atoms. The predicted molar refractivity (Wildman–Crippen MR) is 74.6 cm³/mol. The zero-order chi connectivity index (χ0) is 14.7. The molecule has 1 aliphatic carbocycles.